The summed E-state index contributed by atoms with van der Waals surface area (Å²) in [4.78, 5) is 11.5. The summed E-state index contributed by atoms with van der Waals surface area (Å²) in [5.74, 6) is 0.728. The number of sulfonamides is 1. The van der Waals surface area contributed by atoms with Crippen LogP contribution < -0.4 is 5.32 Å². The Balaban J connectivity index is 2.25. The quantitative estimate of drug-likeness (QED) is 0.786. The van der Waals surface area contributed by atoms with E-state index in [0.717, 1.165) is 19.3 Å². The van der Waals surface area contributed by atoms with Crippen LogP contribution in [0.3, 0.4) is 0 Å². The van der Waals surface area contributed by atoms with Crippen LogP contribution in [0.5, 0.6) is 0 Å². The summed E-state index contributed by atoms with van der Waals surface area (Å²) in [5, 5.41) is 2.82. The average Bonchev–Trinajstić information content (AvgIpc) is 2.26. The van der Waals surface area contributed by atoms with E-state index in [1.54, 1.807) is 0 Å². The monoisotopic (exact) mass is 276 g/mol. The smallest absolute Gasteiger partial charge is 0.221 e. The van der Waals surface area contributed by atoms with Crippen LogP contribution in [0, 0.1) is 5.92 Å². The maximum atomic E-state index is 11.7. The molecule has 1 N–H and O–H groups in total. The number of carbonyl (C=O) groups excluding carboxylic acids is 1. The van der Waals surface area contributed by atoms with Crippen LogP contribution in [0.15, 0.2) is 0 Å². The van der Waals surface area contributed by atoms with Crippen LogP contribution in [-0.4, -0.2) is 44.0 Å². The molecule has 0 aromatic rings. The largest absolute Gasteiger partial charge is 0.356 e. The Bertz CT molecular complexity index is 366. The summed E-state index contributed by atoms with van der Waals surface area (Å²) in [5.41, 5.74) is 0. The number of carbonyl (C=O) groups is 1. The highest BCUT2D eigenvalue weighted by molar-refractivity contribution is 7.89. The summed E-state index contributed by atoms with van der Waals surface area (Å²) < 4.78 is 24.8. The molecule has 1 fully saturated rings. The molecular weight excluding hydrogens is 252 g/mol. The Labute approximate surface area is 110 Å². The molecule has 0 bridgehead atoms. The molecule has 1 aliphatic heterocycles. The van der Waals surface area contributed by atoms with Crippen molar-refractivity contribution in [2.24, 2.45) is 5.92 Å². The molecule has 0 atom stereocenters. The van der Waals surface area contributed by atoms with Gasteiger partial charge in [-0.15, -0.1) is 0 Å². The van der Waals surface area contributed by atoms with E-state index in [2.05, 4.69) is 19.2 Å². The summed E-state index contributed by atoms with van der Waals surface area (Å²) in [6, 6.07) is 0. The van der Waals surface area contributed by atoms with Gasteiger partial charge in [0.05, 0.1) is 5.75 Å². The highest BCUT2D eigenvalue weighted by Crippen LogP contribution is 2.13. The van der Waals surface area contributed by atoms with Gasteiger partial charge in [0.15, 0.2) is 0 Å². The SMILES string of the molecule is CC(C)CCNC(=O)CCN1CCCCS1(=O)=O. The number of nitrogens with zero attached hydrogens (tertiary/aromatic N) is 1. The molecule has 1 heterocycles. The van der Waals surface area contributed by atoms with Crippen LogP contribution in [0.25, 0.3) is 0 Å². The minimum Gasteiger partial charge on any atom is -0.356 e. The molecule has 5 nitrogen and oxygen atoms in total. The topological polar surface area (TPSA) is 66.5 Å². The van der Waals surface area contributed by atoms with E-state index in [4.69, 9.17) is 0 Å². The van der Waals surface area contributed by atoms with Crippen molar-refractivity contribution in [3.63, 3.8) is 0 Å². The molecule has 0 aromatic heterocycles. The van der Waals surface area contributed by atoms with Gasteiger partial charge in [-0.1, -0.05) is 13.8 Å². The Hall–Kier alpha value is -0.620. The summed E-state index contributed by atoms with van der Waals surface area (Å²) in [6.45, 7) is 5.75. The van der Waals surface area contributed by atoms with Crippen LogP contribution in [0.2, 0.25) is 0 Å². The maximum Gasteiger partial charge on any atom is 0.221 e. The van der Waals surface area contributed by atoms with Gasteiger partial charge in [-0.3, -0.25) is 4.79 Å². The number of amides is 1. The molecule has 18 heavy (non-hydrogen) atoms. The first-order valence-electron chi connectivity index (χ1n) is 6.66. The van der Waals surface area contributed by atoms with Crippen LogP contribution in [0.1, 0.15) is 39.5 Å². The summed E-state index contributed by atoms with van der Waals surface area (Å²) in [7, 11) is -3.10. The fourth-order valence-electron chi connectivity index (χ4n) is 1.91. The number of hydrogen-bond donors (Lipinski definition) is 1. The molecule has 0 aromatic carbocycles. The molecule has 6 heteroatoms. The van der Waals surface area contributed by atoms with Gasteiger partial charge < -0.3 is 5.32 Å². The first kappa shape index (κ1) is 15.4. The predicted octanol–water partition coefficient (Wildman–Crippen LogP) is 0.964. The lowest BCUT2D eigenvalue weighted by molar-refractivity contribution is -0.121. The molecule has 0 spiro atoms. The Morgan fingerprint density at radius 2 is 2.06 bits per heavy atom. The molecule has 1 saturated heterocycles. The molecule has 1 rings (SSSR count). The van der Waals surface area contributed by atoms with Crippen molar-refractivity contribution in [2.75, 3.05) is 25.4 Å². The molecule has 1 amide bonds. The Kier molecular flexibility index (Phi) is 6.08. The van der Waals surface area contributed by atoms with Crippen LogP contribution >= 0.6 is 0 Å². The summed E-state index contributed by atoms with van der Waals surface area (Å²) >= 11 is 0. The van der Waals surface area contributed by atoms with Crippen molar-refractivity contribution in [3.05, 3.63) is 0 Å². The van der Waals surface area contributed by atoms with E-state index in [1.807, 2.05) is 0 Å². The summed E-state index contributed by atoms with van der Waals surface area (Å²) in [6.07, 6.45) is 2.85. The fourth-order valence-corrected chi connectivity index (χ4v) is 3.51. The third-order valence-electron chi connectivity index (χ3n) is 3.09. The standard InChI is InChI=1S/C12H24N2O3S/c1-11(2)5-7-13-12(15)6-9-14-8-3-4-10-18(14,16)17/h11H,3-10H2,1-2H3,(H,13,15). The Morgan fingerprint density at radius 3 is 2.67 bits per heavy atom. The van der Waals surface area contributed by atoms with Gasteiger partial charge in [-0.05, 0) is 25.2 Å². The molecule has 0 aliphatic carbocycles. The minimum atomic E-state index is -3.10. The van der Waals surface area contributed by atoms with Crippen molar-refractivity contribution in [1.29, 1.82) is 0 Å². The van der Waals surface area contributed by atoms with Crippen molar-refractivity contribution < 1.29 is 13.2 Å². The molecule has 0 radical (unpaired) electrons. The predicted molar refractivity (Wildman–Crippen MR) is 71.7 cm³/mol. The van der Waals surface area contributed by atoms with Gasteiger partial charge in [0.25, 0.3) is 0 Å². The number of rotatable bonds is 6. The lowest BCUT2D eigenvalue weighted by Gasteiger charge is -2.25. The van der Waals surface area contributed by atoms with E-state index in [1.165, 1.54) is 4.31 Å². The van der Waals surface area contributed by atoms with E-state index >= 15 is 0 Å². The zero-order chi connectivity index (χ0) is 13.6. The van der Waals surface area contributed by atoms with Crippen molar-refractivity contribution in [1.82, 2.24) is 9.62 Å². The van der Waals surface area contributed by atoms with E-state index in [0.29, 0.717) is 25.6 Å². The van der Waals surface area contributed by atoms with Crippen LogP contribution in [0.4, 0.5) is 0 Å². The van der Waals surface area contributed by atoms with Gasteiger partial charge in [0.2, 0.25) is 15.9 Å². The van der Waals surface area contributed by atoms with E-state index in [-0.39, 0.29) is 18.1 Å². The highest BCUT2D eigenvalue weighted by Gasteiger charge is 2.25. The van der Waals surface area contributed by atoms with Gasteiger partial charge in [-0.2, -0.15) is 0 Å². The second kappa shape index (κ2) is 7.09. The van der Waals surface area contributed by atoms with E-state index < -0.39 is 10.0 Å². The first-order valence-corrected chi connectivity index (χ1v) is 8.27. The van der Waals surface area contributed by atoms with Crippen molar-refractivity contribution in [2.45, 2.75) is 39.5 Å². The Morgan fingerprint density at radius 1 is 1.33 bits per heavy atom. The third-order valence-corrected chi connectivity index (χ3v) is 5.04. The zero-order valence-electron chi connectivity index (χ0n) is 11.3. The van der Waals surface area contributed by atoms with Gasteiger partial charge in [-0.25, -0.2) is 12.7 Å². The lowest BCUT2D eigenvalue weighted by atomic mass is 10.1. The molecule has 0 unspecified atom stereocenters. The molecule has 1 aliphatic rings. The first-order chi connectivity index (χ1) is 8.42. The second-order valence-corrected chi connectivity index (χ2v) is 7.29. The maximum absolute atomic E-state index is 11.7. The highest BCUT2D eigenvalue weighted by atomic mass is 32.2. The molecule has 106 valence electrons. The molecule has 0 saturated carbocycles. The molecular formula is C12H24N2O3S. The number of hydrogen-bond acceptors (Lipinski definition) is 3. The zero-order valence-corrected chi connectivity index (χ0v) is 12.1. The van der Waals surface area contributed by atoms with Crippen LogP contribution in [-0.2, 0) is 14.8 Å². The van der Waals surface area contributed by atoms with Crippen molar-refractivity contribution >= 4 is 15.9 Å². The van der Waals surface area contributed by atoms with Gasteiger partial charge >= 0.3 is 0 Å². The second-order valence-electron chi connectivity index (χ2n) is 5.20. The van der Waals surface area contributed by atoms with Gasteiger partial charge in [0, 0.05) is 26.1 Å². The normalized spacial score (nSPS) is 19.9. The minimum absolute atomic E-state index is 0.0589. The lowest BCUT2D eigenvalue weighted by Crippen LogP contribution is -2.40. The van der Waals surface area contributed by atoms with Crippen molar-refractivity contribution in [3.8, 4) is 0 Å². The van der Waals surface area contributed by atoms with Gasteiger partial charge in [0.1, 0.15) is 0 Å². The number of nitrogens with one attached hydrogen (secondary N) is 1. The average molecular weight is 276 g/mol. The van der Waals surface area contributed by atoms with E-state index in [9.17, 15) is 13.2 Å². The fraction of sp³-hybridized carbons (Fsp3) is 0.917. The third kappa shape index (κ3) is 5.35.